The number of thiazole rings is 1. The predicted molar refractivity (Wildman–Crippen MR) is 85.5 cm³/mol. The minimum atomic E-state index is 0.400. The maximum Gasteiger partial charge on any atom is 0.0965 e. The summed E-state index contributed by atoms with van der Waals surface area (Å²) in [5, 5.41) is 4.65. The molecule has 2 unspecified atom stereocenters. The van der Waals surface area contributed by atoms with Crippen molar-refractivity contribution in [1.82, 2.24) is 10.3 Å². The third-order valence-corrected chi connectivity index (χ3v) is 5.87. The van der Waals surface area contributed by atoms with Crippen LogP contribution in [0.25, 0.3) is 0 Å². The van der Waals surface area contributed by atoms with Crippen LogP contribution < -0.4 is 5.32 Å². The SMILES string of the molecule is CNC(C)c1sc(C2CCc3ccccc3C2)nc1C. The molecule has 1 aromatic heterocycles. The number of nitrogens with one attached hydrogen (secondary N) is 1. The Hall–Kier alpha value is -1.19. The Morgan fingerprint density at radius 2 is 2.05 bits per heavy atom. The largest absolute Gasteiger partial charge is 0.312 e. The summed E-state index contributed by atoms with van der Waals surface area (Å²) in [7, 11) is 2.01. The van der Waals surface area contributed by atoms with Crippen LogP contribution in [0.5, 0.6) is 0 Å². The molecular formula is C17H22N2S. The van der Waals surface area contributed by atoms with Gasteiger partial charge in [0.25, 0.3) is 0 Å². The van der Waals surface area contributed by atoms with Crippen molar-refractivity contribution in [3.05, 3.63) is 51.0 Å². The number of fused-ring (bicyclic) bond motifs is 1. The minimum Gasteiger partial charge on any atom is -0.312 e. The van der Waals surface area contributed by atoms with E-state index in [4.69, 9.17) is 4.98 Å². The molecule has 1 N–H and O–H groups in total. The molecule has 0 bridgehead atoms. The highest BCUT2D eigenvalue weighted by Crippen LogP contribution is 2.36. The first kappa shape index (κ1) is 13.8. The lowest BCUT2D eigenvalue weighted by Crippen LogP contribution is -2.12. The number of rotatable bonds is 3. The van der Waals surface area contributed by atoms with E-state index in [1.807, 2.05) is 18.4 Å². The van der Waals surface area contributed by atoms with Gasteiger partial charge in [-0.05, 0) is 51.3 Å². The number of benzene rings is 1. The van der Waals surface area contributed by atoms with Gasteiger partial charge in [-0.1, -0.05) is 24.3 Å². The quantitative estimate of drug-likeness (QED) is 0.922. The molecule has 106 valence electrons. The Morgan fingerprint density at radius 1 is 1.30 bits per heavy atom. The smallest absolute Gasteiger partial charge is 0.0965 e. The average Bonchev–Trinajstić information content (AvgIpc) is 2.88. The van der Waals surface area contributed by atoms with Crippen molar-refractivity contribution >= 4 is 11.3 Å². The van der Waals surface area contributed by atoms with Crippen LogP contribution in [0.1, 0.15) is 52.0 Å². The third kappa shape index (κ3) is 2.52. The van der Waals surface area contributed by atoms with E-state index in [1.54, 1.807) is 0 Å². The molecule has 2 atom stereocenters. The number of aromatic nitrogens is 1. The number of hydrogen-bond donors (Lipinski definition) is 1. The van der Waals surface area contributed by atoms with Crippen LogP contribution >= 0.6 is 11.3 Å². The second-order valence-electron chi connectivity index (χ2n) is 5.72. The molecule has 0 amide bonds. The maximum absolute atomic E-state index is 4.85. The van der Waals surface area contributed by atoms with E-state index >= 15 is 0 Å². The molecule has 0 saturated heterocycles. The molecule has 1 aromatic carbocycles. The summed E-state index contributed by atoms with van der Waals surface area (Å²) in [6, 6.07) is 9.26. The predicted octanol–water partition coefficient (Wildman–Crippen LogP) is 4.00. The first-order chi connectivity index (χ1) is 9.69. The highest BCUT2D eigenvalue weighted by molar-refractivity contribution is 7.11. The zero-order valence-electron chi connectivity index (χ0n) is 12.4. The van der Waals surface area contributed by atoms with E-state index in [9.17, 15) is 0 Å². The van der Waals surface area contributed by atoms with Crippen molar-refractivity contribution in [3.8, 4) is 0 Å². The van der Waals surface area contributed by atoms with Gasteiger partial charge in [0, 0.05) is 16.8 Å². The third-order valence-electron chi connectivity index (χ3n) is 4.37. The summed E-state index contributed by atoms with van der Waals surface area (Å²) in [5.74, 6) is 0.603. The molecule has 1 heterocycles. The normalized spacial score (nSPS) is 19.6. The van der Waals surface area contributed by atoms with E-state index in [2.05, 4.69) is 43.4 Å². The van der Waals surface area contributed by atoms with Gasteiger partial charge in [0.2, 0.25) is 0 Å². The Bertz CT molecular complexity index is 603. The van der Waals surface area contributed by atoms with Gasteiger partial charge < -0.3 is 5.32 Å². The summed E-state index contributed by atoms with van der Waals surface area (Å²) in [5.41, 5.74) is 4.24. The van der Waals surface area contributed by atoms with Crippen LogP contribution in [0.4, 0.5) is 0 Å². The molecule has 0 fully saturated rings. The number of nitrogens with zero attached hydrogens (tertiary/aromatic N) is 1. The molecule has 0 aliphatic heterocycles. The van der Waals surface area contributed by atoms with Gasteiger partial charge in [-0.3, -0.25) is 0 Å². The molecular weight excluding hydrogens is 264 g/mol. The first-order valence-electron chi connectivity index (χ1n) is 7.40. The van der Waals surface area contributed by atoms with Gasteiger partial charge in [0.15, 0.2) is 0 Å². The van der Waals surface area contributed by atoms with Crippen molar-refractivity contribution in [2.75, 3.05) is 7.05 Å². The fourth-order valence-electron chi connectivity index (χ4n) is 3.05. The van der Waals surface area contributed by atoms with Gasteiger partial charge in [-0.2, -0.15) is 0 Å². The molecule has 0 spiro atoms. The summed E-state index contributed by atoms with van der Waals surface area (Å²) < 4.78 is 0. The fourth-order valence-corrected chi connectivity index (χ4v) is 4.31. The Morgan fingerprint density at radius 3 is 2.80 bits per heavy atom. The lowest BCUT2D eigenvalue weighted by Gasteiger charge is -2.22. The molecule has 3 heteroatoms. The van der Waals surface area contributed by atoms with Gasteiger partial charge in [-0.25, -0.2) is 4.98 Å². The lowest BCUT2D eigenvalue weighted by atomic mass is 9.84. The number of hydrogen-bond acceptors (Lipinski definition) is 3. The monoisotopic (exact) mass is 286 g/mol. The zero-order valence-corrected chi connectivity index (χ0v) is 13.3. The minimum absolute atomic E-state index is 0.400. The summed E-state index contributed by atoms with van der Waals surface area (Å²) in [4.78, 5) is 6.24. The van der Waals surface area contributed by atoms with Crippen LogP contribution in [0.2, 0.25) is 0 Å². The number of aryl methyl sites for hydroxylation is 2. The first-order valence-corrected chi connectivity index (χ1v) is 8.22. The fraction of sp³-hybridized carbons (Fsp3) is 0.471. The Labute approximate surface area is 125 Å². The zero-order chi connectivity index (χ0) is 14.1. The van der Waals surface area contributed by atoms with Gasteiger partial charge in [-0.15, -0.1) is 11.3 Å². The highest BCUT2D eigenvalue weighted by atomic mass is 32.1. The van der Waals surface area contributed by atoms with Gasteiger partial charge in [0.05, 0.1) is 10.7 Å². The summed E-state index contributed by atoms with van der Waals surface area (Å²) >= 11 is 1.90. The maximum atomic E-state index is 4.85. The summed E-state index contributed by atoms with van der Waals surface area (Å²) in [6.45, 7) is 4.35. The van der Waals surface area contributed by atoms with Crippen molar-refractivity contribution < 1.29 is 0 Å². The van der Waals surface area contributed by atoms with Crippen LogP contribution in [-0.2, 0) is 12.8 Å². The standard InChI is InChI=1S/C17H22N2S/c1-11(18-3)16-12(2)19-17(20-16)15-9-8-13-6-4-5-7-14(13)10-15/h4-7,11,15,18H,8-10H2,1-3H3. The highest BCUT2D eigenvalue weighted by Gasteiger charge is 2.24. The summed E-state index contributed by atoms with van der Waals surface area (Å²) in [6.07, 6.45) is 3.57. The molecule has 1 aliphatic carbocycles. The lowest BCUT2D eigenvalue weighted by molar-refractivity contribution is 0.581. The molecule has 0 saturated carbocycles. The van der Waals surface area contributed by atoms with Crippen LogP contribution in [0.15, 0.2) is 24.3 Å². The molecule has 0 radical (unpaired) electrons. The van der Waals surface area contributed by atoms with E-state index in [1.165, 1.54) is 39.5 Å². The van der Waals surface area contributed by atoms with Crippen molar-refractivity contribution in [3.63, 3.8) is 0 Å². The molecule has 2 aromatic rings. The van der Waals surface area contributed by atoms with Crippen molar-refractivity contribution in [2.24, 2.45) is 0 Å². The van der Waals surface area contributed by atoms with Crippen molar-refractivity contribution in [2.45, 2.75) is 45.1 Å². The topological polar surface area (TPSA) is 24.9 Å². The van der Waals surface area contributed by atoms with Crippen LogP contribution in [0.3, 0.4) is 0 Å². The van der Waals surface area contributed by atoms with E-state index in [0.29, 0.717) is 12.0 Å². The Balaban J connectivity index is 1.85. The average molecular weight is 286 g/mol. The van der Waals surface area contributed by atoms with E-state index < -0.39 is 0 Å². The Kier molecular flexibility index (Phi) is 3.90. The van der Waals surface area contributed by atoms with Gasteiger partial charge >= 0.3 is 0 Å². The van der Waals surface area contributed by atoms with Gasteiger partial charge in [0.1, 0.15) is 0 Å². The molecule has 20 heavy (non-hydrogen) atoms. The molecule has 3 rings (SSSR count). The molecule has 1 aliphatic rings. The van der Waals surface area contributed by atoms with E-state index in [-0.39, 0.29) is 0 Å². The van der Waals surface area contributed by atoms with Crippen LogP contribution in [-0.4, -0.2) is 12.0 Å². The van der Waals surface area contributed by atoms with Crippen molar-refractivity contribution in [1.29, 1.82) is 0 Å². The second kappa shape index (κ2) is 5.66. The van der Waals surface area contributed by atoms with E-state index in [0.717, 1.165) is 6.42 Å². The van der Waals surface area contributed by atoms with Crippen LogP contribution in [0, 0.1) is 6.92 Å². The second-order valence-corrected chi connectivity index (χ2v) is 6.78. The molecule has 2 nitrogen and oxygen atoms in total.